The van der Waals surface area contributed by atoms with Crippen LogP contribution >= 0.6 is 0 Å². The van der Waals surface area contributed by atoms with E-state index in [0.717, 1.165) is 103 Å². The Morgan fingerprint density at radius 1 is 0.462 bits per heavy atom. The van der Waals surface area contributed by atoms with E-state index in [0.29, 0.717) is 11.8 Å². The van der Waals surface area contributed by atoms with Gasteiger partial charge in [0.05, 0.1) is 10.8 Å². The van der Waals surface area contributed by atoms with Gasteiger partial charge in [-0.25, -0.2) is 0 Å². The molecule has 17 aliphatic rings. The van der Waals surface area contributed by atoms with E-state index < -0.39 is 0 Å². The molecule has 5 nitrogen and oxygen atoms in total. The SMILES string of the molecule is O=C(N(C1=CCCC(N(C(=O)C23CC4CC(CC(C4)C2)C3)C23CC4CC(CC(C4)C2)C3)N1)C12CC3CC(CC(C3)C1)C2)C12CC3CC(CC(C3)C1)C2. The summed E-state index contributed by atoms with van der Waals surface area (Å²) in [6.45, 7) is 0. The second-order valence-electron chi connectivity index (χ2n) is 23.8. The van der Waals surface area contributed by atoms with Gasteiger partial charge >= 0.3 is 0 Å². The van der Waals surface area contributed by atoms with E-state index in [-0.39, 0.29) is 28.1 Å². The normalized spacial score (nSPS) is 56.5. The lowest BCUT2D eigenvalue weighted by Gasteiger charge is -2.65. The first-order valence-corrected chi connectivity index (χ1v) is 23.4. The average molecular weight is 706 g/mol. The van der Waals surface area contributed by atoms with Crippen LogP contribution in [0.3, 0.4) is 0 Å². The lowest BCUT2D eigenvalue weighted by atomic mass is 9.48. The van der Waals surface area contributed by atoms with Crippen molar-refractivity contribution < 1.29 is 9.59 Å². The van der Waals surface area contributed by atoms with Crippen LogP contribution in [0.15, 0.2) is 11.9 Å². The molecule has 1 unspecified atom stereocenters. The molecule has 1 aliphatic heterocycles. The minimum atomic E-state index is -0.137. The van der Waals surface area contributed by atoms with Crippen molar-refractivity contribution in [1.82, 2.24) is 15.1 Å². The summed E-state index contributed by atoms with van der Waals surface area (Å²) in [6.07, 6.45) is 35.8. The van der Waals surface area contributed by atoms with Crippen molar-refractivity contribution in [2.75, 3.05) is 0 Å². The minimum absolute atomic E-state index is 0.00859. The van der Waals surface area contributed by atoms with E-state index in [1.165, 1.54) is 141 Å². The number of hydrogen-bond acceptors (Lipinski definition) is 3. The third-order valence-corrected chi connectivity index (χ3v) is 20.0. The zero-order chi connectivity index (χ0) is 34.2. The Labute approximate surface area is 313 Å². The molecule has 5 heteroatoms. The van der Waals surface area contributed by atoms with Crippen LogP contribution in [0.1, 0.15) is 167 Å². The van der Waals surface area contributed by atoms with Crippen molar-refractivity contribution in [3.63, 3.8) is 0 Å². The predicted molar refractivity (Wildman–Crippen MR) is 201 cm³/mol. The van der Waals surface area contributed by atoms with Crippen molar-refractivity contribution in [3.8, 4) is 0 Å². The molecule has 0 aromatic carbocycles. The summed E-state index contributed by atoms with van der Waals surface area (Å²) < 4.78 is 0. The molecule has 1 heterocycles. The van der Waals surface area contributed by atoms with Crippen molar-refractivity contribution in [1.29, 1.82) is 0 Å². The van der Waals surface area contributed by atoms with E-state index >= 15 is 9.59 Å². The lowest BCUT2D eigenvalue weighted by Crippen LogP contribution is -2.71. The van der Waals surface area contributed by atoms with Crippen molar-refractivity contribution in [3.05, 3.63) is 11.9 Å². The van der Waals surface area contributed by atoms with Crippen LogP contribution in [0.2, 0.25) is 0 Å². The molecule has 2 amide bonds. The molecule has 0 radical (unpaired) electrons. The molecule has 16 saturated carbocycles. The average Bonchev–Trinajstić information content (AvgIpc) is 3.06. The molecule has 1 atom stereocenters. The van der Waals surface area contributed by atoms with E-state index in [1.807, 2.05) is 0 Å². The Bertz CT molecular complexity index is 1450. The first-order valence-electron chi connectivity index (χ1n) is 23.4. The summed E-state index contributed by atoms with van der Waals surface area (Å²) in [7, 11) is 0. The third kappa shape index (κ3) is 4.46. The number of nitrogens with one attached hydrogen (secondary N) is 1. The van der Waals surface area contributed by atoms with Gasteiger partial charge in [-0.05, 0) is 244 Å². The number of allylic oxidation sites excluding steroid dienone is 1. The number of carbonyl (C=O) groups excluding carboxylic acids is 2. The smallest absolute Gasteiger partial charge is 0.234 e. The van der Waals surface area contributed by atoms with Gasteiger partial charge in [-0.2, -0.15) is 0 Å². The third-order valence-electron chi connectivity index (χ3n) is 20.0. The maximum absolute atomic E-state index is 16.0. The molecular weight excluding hydrogens is 639 g/mol. The highest BCUT2D eigenvalue weighted by atomic mass is 16.2. The highest BCUT2D eigenvalue weighted by Crippen LogP contribution is 2.66. The first kappa shape index (κ1) is 31.7. The Kier molecular flexibility index (Phi) is 6.49. The van der Waals surface area contributed by atoms with Gasteiger partial charge in [-0.15, -0.1) is 0 Å². The molecule has 0 saturated heterocycles. The van der Waals surface area contributed by atoms with Gasteiger partial charge in [0, 0.05) is 11.1 Å². The van der Waals surface area contributed by atoms with Gasteiger partial charge in [0.2, 0.25) is 11.8 Å². The fourth-order valence-electron chi connectivity index (χ4n) is 20.2. The number of carbonyl (C=O) groups is 2. The van der Waals surface area contributed by atoms with E-state index in [9.17, 15) is 0 Å². The molecule has 16 fully saturated rings. The van der Waals surface area contributed by atoms with Crippen molar-refractivity contribution in [2.45, 2.75) is 184 Å². The summed E-state index contributed by atoms with van der Waals surface area (Å²) >= 11 is 0. The fourth-order valence-corrected chi connectivity index (χ4v) is 20.2. The molecule has 1 N–H and O–H groups in total. The van der Waals surface area contributed by atoms with Crippen LogP contribution in [0.25, 0.3) is 0 Å². The van der Waals surface area contributed by atoms with Crippen molar-refractivity contribution >= 4 is 11.8 Å². The predicted octanol–water partition coefficient (Wildman–Crippen LogP) is 9.56. The van der Waals surface area contributed by atoms with E-state index in [1.54, 1.807) is 0 Å². The topological polar surface area (TPSA) is 52.7 Å². The van der Waals surface area contributed by atoms with Gasteiger partial charge in [-0.1, -0.05) is 0 Å². The van der Waals surface area contributed by atoms with Gasteiger partial charge in [0.25, 0.3) is 0 Å². The molecular formula is C47H67N3O2. The maximum Gasteiger partial charge on any atom is 0.234 e. The zero-order valence-electron chi connectivity index (χ0n) is 32.2. The molecule has 0 aromatic rings. The Morgan fingerprint density at radius 2 is 0.788 bits per heavy atom. The monoisotopic (exact) mass is 706 g/mol. The van der Waals surface area contributed by atoms with Crippen LogP contribution in [-0.2, 0) is 9.59 Å². The lowest BCUT2D eigenvalue weighted by molar-refractivity contribution is -0.184. The van der Waals surface area contributed by atoms with Crippen LogP contribution in [0.4, 0.5) is 0 Å². The van der Waals surface area contributed by atoms with Crippen LogP contribution < -0.4 is 5.32 Å². The molecule has 52 heavy (non-hydrogen) atoms. The molecule has 16 aliphatic carbocycles. The summed E-state index contributed by atoms with van der Waals surface area (Å²) in [5.41, 5.74) is -0.228. The van der Waals surface area contributed by atoms with E-state index in [4.69, 9.17) is 0 Å². The summed E-state index contributed by atoms with van der Waals surface area (Å²) in [5, 5.41) is 4.30. The maximum atomic E-state index is 16.0. The van der Waals surface area contributed by atoms with Gasteiger partial charge in [-0.3, -0.25) is 14.5 Å². The number of nitrogens with zero attached hydrogens (tertiary/aromatic N) is 2. The van der Waals surface area contributed by atoms with Crippen molar-refractivity contribution in [2.24, 2.45) is 81.8 Å². The van der Waals surface area contributed by atoms with Gasteiger partial charge in [0.15, 0.2) is 0 Å². The molecule has 17 rings (SSSR count). The number of rotatable bonds is 6. The second-order valence-corrected chi connectivity index (χ2v) is 23.8. The van der Waals surface area contributed by atoms with Gasteiger partial charge < -0.3 is 10.2 Å². The Balaban J connectivity index is 0.894. The molecule has 0 aromatic heterocycles. The van der Waals surface area contributed by atoms with Crippen LogP contribution in [0.5, 0.6) is 0 Å². The molecule has 282 valence electrons. The summed E-state index contributed by atoms with van der Waals surface area (Å²) in [6, 6.07) is 0. The fraction of sp³-hybridized carbons (Fsp3) is 0.915. The number of hydrogen-bond donors (Lipinski definition) is 1. The van der Waals surface area contributed by atoms with Crippen LogP contribution in [-0.4, -0.2) is 38.9 Å². The largest absolute Gasteiger partial charge is 0.351 e. The quantitative estimate of drug-likeness (QED) is 0.300. The second kappa shape index (κ2) is 10.7. The van der Waals surface area contributed by atoms with Crippen LogP contribution in [0, 0.1) is 81.8 Å². The Hall–Kier alpha value is -1.52. The standard InChI is InChI=1S/C47H67N3O2/c51-42(44-16-28-4-29(17-44)6-30(5-28)18-44)49(46-22-34-10-35(23-46)12-36(11-34)24-46)40-2-1-3-41(48-40)50(47-25-37-13-38(26-47)15-39(14-37)27-47)43(52)45-19-31-7-32(20-45)9-33(8-31)21-45/h2,28-39,41,48H,1,3-27H2. The highest BCUT2D eigenvalue weighted by molar-refractivity contribution is 5.86. The molecule has 0 spiro atoms. The number of amides is 2. The zero-order valence-corrected chi connectivity index (χ0v) is 32.2. The first-order chi connectivity index (χ1) is 25.2. The highest BCUT2D eigenvalue weighted by Gasteiger charge is 2.64. The summed E-state index contributed by atoms with van der Waals surface area (Å²) in [5.74, 6) is 11.9. The van der Waals surface area contributed by atoms with Gasteiger partial charge in [0.1, 0.15) is 12.0 Å². The Morgan fingerprint density at radius 3 is 1.17 bits per heavy atom. The summed E-state index contributed by atoms with van der Waals surface area (Å²) in [4.78, 5) is 37.1. The van der Waals surface area contributed by atoms with E-state index in [2.05, 4.69) is 21.2 Å². The minimum Gasteiger partial charge on any atom is -0.351 e. The molecule has 16 bridgehead atoms.